The molecule has 8 nitrogen and oxygen atoms in total. The normalized spacial score (nSPS) is 23.7. The van der Waals surface area contributed by atoms with Gasteiger partial charge in [0.25, 0.3) is 0 Å². The van der Waals surface area contributed by atoms with E-state index >= 15 is 0 Å². The number of amides is 1. The molecule has 2 aliphatic rings. The Balaban J connectivity index is 1.40. The molecule has 8 heteroatoms. The highest BCUT2D eigenvalue weighted by Crippen LogP contribution is 2.35. The molecule has 3 heterocycles. The van der Waals surface area contributed by atoms with Crippen molar-refractivity contribution in [2.75, 3.05) is 7.11 Å². The Morgan fingerprint density at radius 2 is 2.07 bits per heavy atom. The molecule has 1 unspecified atom stereocenters. The van der Waals surface area contributed by atoms with Crippen LogP contribution in [0.4, 0.5) is 0 Å². The number of hydrogen-bond acceptors (Lipinski definition) is 5. The highest BCUT2D eigenvalue weighted by Gasteiger charge is 2.38. The lowest BCUT2D eigenvalue weighted by Gasteiger charge is -2.39. The van der Waals surface area contributed by atoms with Crippen molar-refractivity contribution in [2.24, 2.45) is 5.92 Å². The van der Waals surface area contributed by atoms with Gasteiger partial charge < -0.3 is 14.6 Å². The molecule has 1 N–H and O–H groups in total. The van der Waals surface area contributed by atoms with Crippen LogP contribution in [0, 0.1) is 12.8 Å². The van der Waals surface area contributed by atoms with Gasteiger partial charge in [0.2, 0.25) is 5.91 Å². The maximum Gasteiger partial charge on any atom is 0.245 e. The number of fused-ring (bicyclic) bond motifs is 1. The van der Waals surface area contributed by atoms with Gasteiger partial charge in [-0.25, -0.2) is 9.67 Å². The topological polar surface area (TPSA) is 86.9 Å². The van der Waals surface area contributed by atoms with Gasteiger partial charge in [-0.15, -0.1) is 5.10 Å². The number of methoxy groups -OCH3 is 1. The van der Waals surface area contributed by atoms with Crippen molar-refractivity contribution >= 4 is 5.91 Å². The third-order valence-corrected chi connectivity index (χ3v) is 6.36. The molecule has 0 spiro atoms. The van der Waals surface area contributed by atoms with E-state index in [0.29, 0.717) is 12.0 Å². The van der Waals surface area contributed by atoms with Crippen molar-refractivity contribution in [1.29, 1.82) is 0 Å². The van der Waals surface area contributed by atoms with Gasteiger partial charge in [-0.1, -0.05) is 24.1 Å². The Morgan fingerprint density at radius 1 is 1.20 bits per heavy atom. The van der Waals surface area contributed by atoms with Gasteiger partial charge in [0.1, 0.15) is 17.5 Å². The second-order valence-corrected chi connectivity index (χ2v) is 8.30. The smallest absolute Gasteiger partial charge is 0.245 e. The fourth-order valence-electron chi connectivity index (χ4n) is 4.75. The number of rotatable bonds is 4. The standard InChI is InChI=1S/C22H26N6O2/c1-14-11-27(13-23-14)19-8-7-16(10-21(19)30-2)18-12-28(26-25-18)20-9-15-5-3-4-6-17(15)24-22(20)29/h7-8,10-13,15,17,20H,3-6,9H2,1-2H3,(H,24,29)/t15-,17-,20?/m0/s1. The van der Waals surface area contributed by atoms with E-state index in [2.05, 4.69) is 20.6 Å². The van der Waals surface area contributed by atoms with Crippen LogP contribution in [0.2, 0.25) is 0 Å². The quantitative estimate of drug-likeness (QED) is 0.720. The van der Waals surface area contributed by atoms with Crippen LogP contribution in [0.25, 0.3) is 16.9 Å². The number of hydrogen-bond donors (Lipinski definition) is 1. The van der Waals surface area contributed by atoms with Gasteiger partial charge in [-0.3, -0.25) is 4.79 Å². The van der Waals surface area contributed by atoms with E-state index in [1.807, 2.05) is 42.1 Å². The summed E-state index contributed by atoms with van der Waals surface area (Å²) in [6.45, 7) is 1.95. The van der Waals surface area contributed by atoms with Crippen LogP contribution >= 0.6 is 0 Å². The second kappa shape index (κ2) is 7.59. The number of imidazole rings is 1. The summed E-state index contributed by atoms with van der Waals surface area (Å²) in [5.41, 5.74) is 3.46. The van der Waals surface area contributed by atoms with Crippen LogP contribution in [0.1, 0.15) is 43.8 Å². The molecule has 0 bridgehead atoms. The van der Waals surface area contributed by atoms with E-state index in [1.165, 1.54) is 19.3 Å². The number of carbonyl (C=O) groups excluding carboxylic acids is 1. The maximum absolute atomic E-state index is 12.7. The van der Waals surface area contributed by atoms with Gasteiger partial charge in [0.05, 0.1) is 31.0 Å². The van der Waals surface area contributed by atoms with E-state index in [1.54, 1.807) is 18.1 Å². The van der Waals surface area contributed by atoms with E-state index in [0.717, 1.165) is 41.2 Å². The number of benzene rings is 1. The first-order valence-corrected chi connectivity index (χ1v) is 10.5. The molecule has 3 atom stereocenters. The molecule has 2 aromatic heterocycles. The van der Waals surface area contributed by atoms with Crippen molar-refractivity contribution in [2.45, 2.75) is 51.1 Å². The van der Waals surface area contributed by atoms with Crippen molar-refractivity contribution in [3.05, 3.63) is 42.6 Å². The first-order chi connectivity index (χ1) is 14.6. The van der Waals surface area contributed by atoms with Crippen LogP contribution in [0.3, 0.4) is 0 Å². The van der Waals surface area contributed by atoms with E-state index in [4.69, 9.17) is 4.74 Å². The lowest BCUT2D eigenvalue weighted by Crippen LogP contribution is -2.51. The molecule has 3 aromatic rings. The van der Waals surface area contributed by atoms with Gasteiger partial charge >= 0.3 is 0 Å². The van der Waals surface area contributed by atoms with Crippen LogP contribution in [0.5, 0.6) is 5.75 Å². The minimum Gasteiger partial charge on any atom is -0.495 e. The van der Waals surface area contributed by atoms with Crippen molar-refractivity contribution in [1.82, 2.24) is 29.9 Å². The van der Waals surface area contributed by atoms with Gasteiger partial charge in [-0.05, 0) is 44.2 Å². The summed E-state index contributed by atoms with van der Waals surface area (Å²) < 4.78 is 9.25. The lowest BCUT2D eigenvalue weighted by atomic mass is 9.78. The van der Waals surface area contributed by atoms with E-state index in [9.17, 15) is 4.79 Å². The monoisotopic (exact) mass is 406 g/mol. The summed E-state index contributed by atoms with van der Waals surface area (Å²) in [5.74, 6) is 1.31. The second-order valence-electron chi connectivity index (χ2n) is 8.30. The third kappa shape index (κ3) is 3.36. The van der Waals surface area contributed by atoms with E-state index < -0.39 is 0 Å². The van der Waals surface area contributed by atoms with Crippen LogP contribution < -0.4 is 10.1 Å². The summed E-state index contributed by atoms with van der Waals surface area (Å²) >= 11 is 0. The highest BCUT2D eigenvalue weighted by atomic mass is 16.5. The Kier molecular flexibility index (Phi) is 4.77. The molecule has 5 rings (SSSR count). The third-order valence-electron chi connectivity index (χ3n) is 6.36. The number of ether oxygens (including phenoxy) is 1. The summed E-state index contributed by atoms with van der Waals surface area (Å²) in [6, 6.07) is 5.94. The molecular formula is C22H26N6O2. The number of nitrogens with one attached hydrogen (secondary N) is 1. The fourth-order valence-corrected chi connectivity index (χ4v) is 4.75. The summed E-state index contributed by atoms with van der Waals surface area (Å²) in [5, 5.41) is 11.8. The van der Waals surface area contributed by atoms with Gasteiger partial charge in [0.15, 0.2) is 0 Å². The predicted octanol–water partition coefficient (Wildman–Crippen LogP) is 3.07. The number of carbonyl (C=O) groups is 1. The van der Waals surface area contributed by atoms with Crippen molar-refractivity contribution in [3.8, 4) is 22.7 Å². The minimum absolute atomic E-state index is 0.0537. The number of nitrogens with zero attached hydrogens (tertiary/aromatic N) is 5. The summed E-state index contributed by atoms with van der Waals surface area (Å²) in [6.07, 6.45) is 11.1. The molecular weight excluding hydrogens is 380 g/mol. The summed E-state index contributed by atoms with van der Waals surface area (Å²) in [4.78, 5) is 17.0. The Labute approximate surface area is 175 Å². The Bertz CT molecular complexity index is 1070. The zero-order valence-electron chi connectivity index (χ0n) is 17.3. The molecule has 2 fully saturated rings. The van der Waals surface area contributed by atoms with Crippen LogP contribution in [-0.4, -0.2) is 43.6 Å². The van der Waals surface area contributed by atoms with Gasteiger partial charge in [0, 0.05) is 17.8 Å². The Morgan fingerprint density at radius 3 is 2.87 bits per heavy atom. The molecule has 1 aliphatic heterocycles. The molecule has 1 amide bonds. The largest absolute Gasteiger partial charge is 0.495 e. The molecule has 0 radical (unpaired) electrons. The number of aryl methyl sites for hydroxylation is 1. The van der Waals surface area contributed by atoms with Crippen molar-refractivity contribution < 1.29 is 9.53 Å². The maximum atomic E-state index is 12.7. The average molecular weight is 406 g/mol. The number of aromatic nitrogens is 5. The predicted molar refractivity (Wildman–Crippen MR) is 111 cm³/mol. The fraction of sp³-hybridized carbons (Fsp3) is 0.455. The molecule has 1 saturated carbocycles. The van der Waals surface area contributed by atoms with Crippen LogP contribution in [-0.2, 0) is 4.79 Å². The average Bonchev–Trinajstić information content (AvgIpc) is 3.42. The molecule has 1 saturated heterocycles. The SMILES string of the molecule is COc1cc(-c2cn(C3C[C@@H]4CCCC[C@@H]4NC3=O)nn2)ccc1-n1cnc(C)c1. The van der Waals surface area contributed by atoms with Crippen molar-refractivity contribution in [3.63, 3.8) is 0 Å². The lowest BCUT2D eigenvalue weighted by molar-refractivity contribution is -0.129. The first-order valence-electron chi connectivity index (χ1n) is 10.5. The van der Waals surface area contributed by atoms with Crippen LogP contribution in [0.15, 0.2) is 36.9 Å². The zero-order chi connectivity index (χ0) is 20.7. The highest BCUT2D eigenvalue weighted by molar-refractivity contribution is 5.81. The number of piperidine rings is 1. The zero-order valence-corrected chi connectivity index (χ0v) is 17.3. The molecule has 1 aromatic carbocycles. The molecule has 1 aliphatic carbocycles. The van der Waals surface area contributed by atoms with Gasteiger partial charge in [-0.2, -0.15) is 0 Å². The molecule has 30 heavy (non-hydrogen) atoms. The summed E-state index contributed by atoms with van der Waals surface area (Å²) in [7, 11) is 1.65. The minimum atomic E-state index is -0.291. The van der Waals surface area contributed by atoms with E-state index in [-0.39, 0.29) is 11.9 Å². The first kappa shape index (κ1) is 18.8. The molecule has 156 valence electrons. The Hall–Kier alpha value is -3.16.